The molecule has 0 amide bonds. The van der Waals surface area contributed by atoms with Gasteiger partial charge >= 0.3 is 11.4 Å². The lowest BCUT2D eigenvalue weighted by Crippen LogP contribution is -2.28. The third-order valence-corrected chi connectivity index (χ3v) is 5.98. The van der Waals surface area contributed by atoms with Gasteiger partial charge in [0.15, 0.2) is 0 Å². The first kappa shape index (κ1) is 19.3. The maximum atomic E-state index is 14.0. The highest BCUT2D eigenvalue weighted by molar-refractivity contribution is 7.92. The normalized spacial score (nSPS) is 16.2. The van der Waals surface area contributed by atoms with Crippen LogP contribution >= 0.6 is 0 Å². The fraction of sp³-hybridized carbons (Fsp3) is 0.176. The fourth-order valence-corrected chi connectivity index (χ4v) is 4.09. The smallest absolute Gasteiger partial charge is 0.456 e. The number of benzene rings is 2. The summed E-state index contributed by atoms with van der Waals surface area (Å²) < 4.78 is 96.1. The SMILES string of the molecule is O=C1c2c(S(=O)(=O)C(F)(F)F)ccc(Oc3cccc4[nH]ncc34)c2CC1(F)F. The molecule has 2 aromatic carbocycles. The number of Topliss-reactive ketones (excluding diaryl/α,β-unsaturated/α-hetero) is 1. The average molecular weight is 432 g/mol. The minimum Gasteiger partial charge on any atom is -0.456 e. The van der Waals surface area contributed by atoms with Crippen LogP contribution in [0.5, 0.6) is 11.5 Å². The Labute approximate surface area is 159 Å². The predicted molar refractivity (Wildman–Crippen MR) is 88.8 cm³/mol. The number of carbonyl (C=O) groups is 1. The van der Waals surface area contributed by atoms with Crippen molar-refractivity contribution in [2.24, 2.45) is 0 Å². The van der Waals surface area contributed by atoms with Crippen LogP contribution in [0.15, 0.2) is 41.4 Å². The second-order valence-electron chi connectivity index (χ2n) is 6.26. The molecule has 1 aliphatic rings. The number of nitrogens with zero attached hydrogens (tertiary/aromatic N) is 1. The molecule has 0 aliphatic heterocycles. The molecule has 0 spiro atoms. The molecule has 1 N–H and O–H groups in total. The summed E-state index contributed by atoms with van der Waals surface area (Å²) in [5.41, 5.74) is -7.03. The minimum atomic E-state index is -6.02. The molecule has 6 nitrogen and oxygen atoms in total. The largest absolute Gasteiger partial charge is 0.501 e. The maximum Gasteiger partial charge on any atom is 0.501 e. The van der Waals surface area contributed by atoms with Gasteiger partial charge in [-0.05, 0) is 24.3 Å². The van der Waals surface area contributed by atoms with Gasteiger partial charge in [0.25, 0.3) is 9.84 Å². The van der Waals surface area contributed by atoms with Crippen molar-refractivity contribution in [3.8, 4) is 11.5 Å². The summed E-state index contributed by atoms with van der Waals surface area (Å²) in [6, 6.07) is 5.94. The molecule has 152 valence electrons. The molecular weight excluding hydrogens is 423 g/mol. The first-order valence-corrected chi connectivity index (χ1v) is 9.41. The van der Waals surface area contributed by atoms with Gasteiger partial charge in [-0.3, -0.25) is 9.89 Å². The summed E-state index contributed by atoms with van der Waals surface area (Å²) in [6.45, 7) is 0. The zero-order valence-corrected chi connectivity index (χ0v) is 14.9. The second kappa shape index (κ2) is 5.99. The predicted octanol–water partition coefficient (Wildman–Crippen LogP) is 4.02. The molecule has 0 radical (unpaired) electrons. The van der Waals surface area contributed by atoms with Crippen LogP contribution < -0.4 is 4.74 Å². The highest BCUT2D eigenvalue weighted by atomic mass is 32.2. The van der Waals surface area contributed by atoms with Gasteiger partial charge < -0.3 is 4.74 Å². The Balaban J connectivity index is 1.91. The molecule has 4 rings (SSSR count). The molecule has 12 heteroatoms. The second-order valence-corrected chi connectivity index (χ2v) is 8.17. The van der Waals surface area contributed by atoms with E-state index in [-0.39, 0.29) is 11.5 Å². The number of halogens is 5. The number of hydrogen-bond acceptors (Lipinski definition) is 5. The number of aromatic amines is 1. The molecule has 0 fully saturated rings. The lowest BCUT2D eigenvalue weighted by Gasteiger charge is -2.14. The van der Waals surface area contributed by atoms with Crippen LogP contribution in [0, 0.1) is 0 Å². The van der Waals surface area contributed by atoms with Crippen LogP contribution in [-0.4, -0.2) is 35.8 Å². The van der Waals surface area contributed by atoms with Crippen molar-refractivity contribution in [2.45, 2.75) is 22.7 Å². The van der Waals surface area contributed by atoms with Crippen molar-refractivity contribution in [3.05, 3.63) is 47.7 Å². The standard InChI is InChI=1S/C17H9F5N2O4S/c18-16(19)6-8-12(28-11-3-1-2-10-9(11)7-23-24-10)4-5-13(14(8)15(16)25)29(26,27)17(20,21)22/h1-5,7H,6H2,(H,23,24). The van der Waals surface area contributed by atoms with E-state index in [1.165, 1.54) is 12.3 Å². The van der Waals surface area contributed by atoms with Gasteiger partial charge in [0.2, 0.25) is 5.78 Å². The first-order chi connectivity index (χ1) is 13.4. The zero-order valence-electron chi connectivity index (χ0n) is 14.0. The molecule has 3 aromatic rings. The summed E-state index contributed by atoms with van der Waals surface area (Å²) in [5, 5.41) is 6.91. The van der Waals surface area contributed by atoms with E-state index in [0.717, 1.165) is 6.07 Å². The van der Waals surface area contributed by atoms with E-state index in [2.05, 4.69) is 10.2 Å². The third kappa shape index (κ3) is 2.85. The first-order valence-electron chi connectivity index (χ1n) is 7.93. The van der Waals surface area contributed by atoms with Gasteiger partial charge in [0.1, 0.15) is 11.5 Å². The number of alkyl halides is 5. The molecule has 0 atom stereocenters. The number of carbonyl (C=O) groups excluding carboxylic acids is 1. The Kier molecular flexibility index (Phi) is 3.99. The molecule has 0 unspecified atom stereocenters. The van der Waals surface area contributed by atoms with E-state index in [4.69, 9.17) is 4.74 Å². The van der Waals surface area contributed by atoms with E-state index in [1.807, 2.05) is 0 Å². The number of ketones is 1. The van der Waals surface area contributed by atoms with Crippen molar-refractivity contribution in [3.63, 3.8) is 0 Å². The van der Waals surface area contributed by atoms with Crippen LogP contribution in [0.2, 0.25) is 0 Å². The minimum absolute atomic E-state index is 0.132. The van der Waals surface area contributed by atoms with Crippen molar-refractivity contribution in [1.29, 1.82) is 0 Å². The number of sulfone groups is 1. The van der Waals surface area contributed by atoms with E-state index < -0.39 is 49.5 Å². The highest BCUT2D eigenvalue weighted by Gasteiger charge is 2.55. The molecule has 1 aromatic heterocycles. The van der Waals surface area contributed by atoms with Crippen molar-refractivity contribution in [2.75, 3.05) is 0 Å². The quantitative estimate of drug-likeness (QED) is 0.632. The highest BCUT2D eigenvalue weighted by Crippen LogP contribution is 2.46. The maximum absolute atomic E-state index is 14.0. The van der Waals surface area contributed by atoms with Crippen LogP contribution in [-0.2, 0) is 16.3 Å². The van der Waals surface area contributed by atoms with Gasteiger partial charge in [-0.15, -0.1) is 0 Å². The summed E-state index contributed by atoms with van der Waals surface area (Å²) in [5.74, 6) is -6.27. The van der Waals surface area contributed by atoms with Gasteiger partial charge in [-0.25, -0.2) is 8.42 Å². The average Bonchev–Trinajstić information content (AvgIpc) is 3.18. The number of fused-ring (bicyclic) bond motifs is 2. The molecule has 0 bridgehead atoms. The van der Waals surface area contributed by atoms with Gasteiger partial charge in [0.05, 0.1) is 27.6 Å². The third-order valence-electron chi connectivity index (χ3n) is 4.45. The van der Waals surface area contributed by atoms with Crippen molar-refractivity contribution in [1.82, 2.24) is 10.2 Å². The van der Waals surface area contributed by atoms with E-state index in [0.29, 0.717) is 17.0 Å². The van der Waals surface area contributed by atoms with Crippen molar-refractivity contribution < 1.29 is 39.9 Å². The monoisotopic (exact) mass is 432 g/mol. The van der Waals surface area contributed by atoms with Crippen molar-refractivity contribution >= 4 is 26.5 Å². The van der Waals surface area contributed by atoms with Crippen LogP contribution in [0.3, 0.4) is 0 Å². The molecule has 29 heavy (non-hydrogen) atoms. The number of ether oxygens (including phenoxy) is 1. The molecule has 0 saturated carbocycles. The fourth-order valence-electron chi connectivity index (χ4n) is 3.11. The number of rotatable bonds is 3. The molecular formula is C17H9F5N2O4S. The Bertz CT molecular complexity index is 1260. The van der Waals surface area contributed by atoms with Crippen LogP contribution in [0.25, 0.3) is 10.9 Å². The topological polar surface area (TPSA) is 89.1 Å². The number of aromatic nitrogens is 2. The van der Waals surface area contributed by atoms with E-state index in [9.17, 15) is 35.2 Å². The Morgan fingerprint density at radius 2 is 1.83 bits per heavy atom. The summed E-state index contributed by atoms with van der Waals surface area (Å²) in [7, 11) is -6.02. The van der Waals surface area contributed by atoms with Crippen LogP contribution in [0.1, 0.15) is 15.9 Å². The Hall–Kier alpha value is -3.02. The van der Waals surface area contributed by atoms with Gasteiger partial charge in [-0.2, -0.15) is 27.1 Å². The Morgan fingerprint density at radius 3 is 2.52 bits per heavy atom. The summed E-state index contributed by atoms with van der Waals surface area (Å²) >= 11 is 0. The number of hydrogen-bond donors (Lipinski definition) is 1. The number of H-pyrrole nitrogens is 1. The van der Waals surface area contributed by atoms with E-state index in [1.54, 1.807) is 12.1 Å². The Morgan fingerprint density at radius 1 is 1.10 bits per heavy atom. The summed E-state index contributed by atoms with van der Waals surface area (Å²) in [6.07, 6.45) is 0.103. The lowest BCUT2D eigenvalue weighted by atomic mass is 10.1. The van der Waals surface area contributed by atoms with E-state index >= 15 is 0 Å². The molecule has 0 saturated heterocycles. The summed E-state index contributed by atoms with van der Waals surface area (Å²) in [4.78, 5) is 10.5. The van der Waals surface area contributed by atoms with Crippen LogP contribution in [0.4, 0.5) is 22.0 Å². The lowest BCUT2D eigenvalue weighted by molar-refractivity contribution is -0.0436. The molecule has 1 heterocycles. The zero-order chi connectivity index (χ0) is 21.2. The number of nitrogens with one attached hydrogen (secondary N) is 1. The van der Waals surface area contributed by atoms with Gasteiger partial charge in [0, 0.05) is 12.0 Å². The molecule has 1 aliphatic carbocycles. The van der Waals surface area contributed by atoms with Gasteiger partial charge in [-0.1, -0.05) is 6.07 Å².